The summed E-state index contributed by atoms with van der Waals surface area (Å²) in [5, 5.41) is 1.74. The Balaban J connectivity index is 2.02. The highest BCUT2D eigenvalue weighted by Crippen LogP contribution is 2.36. The van der Waals surface area contributed by atoms with Crippen molar-refractivity contribution < 1.29 is 36.6 Å². The number of halogens is 4. The van der Waals surface area contributed by atoms with E-state index in [0.717, 1.165) is 16.8 Å². The van der Waals surface area contributed by atoms with Crippen molar-refractivity contribution in [2.24, 2.45) is 0 Å². The van der Waals surface area contributed by atoms with Gasteiger partial charge in [0.25, 0.3) is 5.91 Å². The number of hydrogen-bond acceptors (Lipinski definition) is 6. The van der Waals surface area contributed by atoms with E-state index in [2.05, 4.69) is 4.98 Å². The minimum absolute atomic E-state index is 0.0171. The van der Waals surface area contributed by atoms with Crippen LogP contribution in [0.1, 0.15) is 27.1 Å². The first-order valence-electron chi connectivity index (χ1n) is 8.72. The molecule has 0 saturated carbocycles. The lowest BCUT2D eigenvalue weighted by molar-refractivity contribution is 0.0529. The van der Waals surface area contributed by atoms with Crippen LogP contribution in [0.25, 0.3) is 11.1 Å². The Labute approximate surface area is 177 Å². The van der Waals surface area contributed by atoms with Crippen molar-refractivity contribution in [3.63, 3.8) is 0 Å². The highest BCUT2D eigenvalue weighted by Gasteiger charge is 2.29. The van der Waals surface area contributed by atoms with Crippen LogP contribution in [0.2, 0.25) is 0 Å². The molecule has 31 heavy (non-hydrogen) atoms. The summed E-state index contributed by atoms with van der Waals surface area (Å²) in [6.45, 7) is 1.56. The average Bonchev–Trinajstić information content (AvgIpc) is 3.26. The van der Waals surface area contributed by atoms with E-state index >= 15 is 0 Å². The lowest BCUT2D eigenvalue weighted by Crippen LogP contribution is -2.19. The number of nitrogens with zero attached hydrogens (tertiary/aromatic N) is 1. The van der Waals surface area contributed by atoms with Crippen molar-refractivity contribution in [1.29, 1.82) is 0 Å². The number of esters is 1. The van der Waals surface area contributed by atoms with Gasteiger partial charge in [0.05, 0.1) is 24.8 Å². The van der Waals surface area contributed by atoms with E-state index in [4.69, 9.17) is 9.47 Å². The largest absolute Gasteiger partial charge is 0.497 e. The van der Waals surface area contributed by atoms with Gasteiger partial charge in [0.2, 0.25) is 0 Å². The number of hydrogen-bond donors (Lipinski definition) is 1. The SMILES string of the molecule is CCOC(=O)c1scnc1C(=O)Nc1c(F)c(F)c(-c2cccc(OC)c2)c(F)c1F. The molecule has 1 heterocycles. The smallest absolute Gasteiger partial charge is 0.350 e. The highest BCUT2D eigenvalue weighted by molar-refractivity contribution is 7.12. The second-order valence-corrected chi connectivity index (χ2v) is 6.80. The summed E-state index contributed by atoms with van der Waals surface area (Å²) in [5.74, 6) is -8.98. The average molecular weight is 454 g/mol. The molecule has 0 radical (unpaired) electrons. The van der Waals surface area contributed by atoms with Gasteiger partial charge in [-0.05, 0) is 24.6 Å². The fourth-order valence-electron chi connectivity index (χ4n) is 2.70. The molecule has 1 aromatic heterocycles. The molecular weight excluding hydrogens is 440 g/mol. The molecule has 1 N–H and O–H groups in total. The number of rotatable bonds is 6. The van der Waals surface area contributed by atoms with Gasteiger partial charge in [-0.25, -0.2) is 27.3 Å². The maximum absolute atomic E-state index is 14.7. The van der Waals surface area contributed by atoms with Crippen molar-refractivity contribution in [2.45, 2.75) is 6.92 Å². The second-order valence-electron chi connectivity index (χ2n) is 5.94. The van der Waals surface area contributed by atoms with Gasteiger partial charge in [-0.1, -0.05) is 12.1 Å². The van der Waals surface area contributed by atoms with Crippen LogP contribution in [0.5, 0.6) is 5.75 Å². The summed E-state index contributed by atoms with van der Waals surface area (Å²) in [7, 11) is 1.31. The Morgan fingerprint density at radius 1 is 1.10 bits per heavy atom. The Morgan fingerprint density at radius 3 is 2.39 bits per heavy atom. The fourth-order valence-corrected chi connectivity index (χ4v) is 3.37. The van der Waals surface area contributed by atoms with Crippen LogP contribution in [-0.4, -0.2) is 30.6 Å². The van der Waals surface area contributed by atoms with Gasteiger partial charge in [-0.2, -0.15) is 0 Å². The molecule has 2 aromatic carbocycles. The first-order valence-corrected chi connectivity index (χ1v) is 9.60. The van der Waals surface area contributed by atoms with Crippen LogP contribution >= 0.6 is 11.3 Å². The zero-order valence-electron chi connectivity index (χ0n) is 16.1. The number of nitrogens with one attached hydrogen (secondary N) is 1. The molecule has 11 heteroatoms. The quantitative estimate of drug-likeness (QED) is 0.329. The molecule has 0 saturated heterocycles. The molecular formula is C20H14F4N2O4S. The Kier molecular flexibility index (Phi) is 6.54. The molecule has 0 aliphatic heterocycles. The van der Waals surface area contributed by atoms with Gasteiger partial charge in [-0.3, -0.25) is 4.79 Å². The third-order valence-electron chi connectivity index (χ3n) is 4.10. The van der Waals surface area contributed by atoms with Crippen molar-refractivity contribution in [1.82, 2.24) is 4.98 Å². The molecule has 0 unspecified atom stereocenters. The zero-order valence-corrected chi connectivity index (χ0v) is 16.9. The molecule has 0 fully saturated rings. The number of anilines is 1. The lowest BCUT2D eigenvalue weighted by Gasteiger charge is -2.13. The van der Waals surface area contributed by atoms with Crippen LogP contribution in [0, 0.1) is 23.3 Å². The maximum Gasteiger partial charge on any atom is 0.350 e. The van der Waals surface area contributed by atoms with Crippen molar-refractivity contribution in [3.05, 3.63) is 63.6 Å². The van der Waals surface area contributed by atoms with Crippen LogP contribution in [0.15, 0.2) is 29.8 Å². The zero-order chi connectivity index (χ0) is 22.7. The van der Waals surface area contributed by atoms with E-state index in [9.17, 15) is 27.2 Å². The number of aromatic nitrogens is 1. The number of benzene rings is 2. The maximum atomic E-state index is 14.7. The minimum Gasteiger partial charge on any atom is -0.497 e. The Hall–Kier alpha value is -3.47. The van der Waals surface area contributed by atoms with Crippen molar-refractivity contribution in [2.75, 3.05) is 19.0 Å². The fraction of sp³-hybridized carbons (Fsp3) is 0.150. The summed E-state index contributed by atoms with van der Waals surface area (Å²) in [5.41, 5.74) is -1.85. The van der Waals surface area contributed by atoms with Gasteiger partial charge in [0, 0.05) is 0 Å². The predicted molar refractivity (Wildman–Crippen MR) is 104 cm³/mol. The van der Waals surface area contributed by atoms with E-state index in [1.54, 1.807) is 12.2 Å². The highest BCUT2D eigenvalue weighted by atomic mass is 32.1. The van der Waals surface area contributed by atoms with Gasteiger partial charge >= 0.3 is 5.97 Å². The molecule has 0 spiro atoms. The Morgan fingerprint density at radius 2 is 1.77 bits per heavy atom. The molecule has 162 valence electrons. The molecule has 0 bridgehead atoms. The second kappa shape index (κ2) is 9.13. The Bertz CT molecular complexity index is 1140. The van der Waals surface area contributed by atoms with E-state index in [0.29, 0.717) is 0 Å². The lowest BCUT2D eigenvalue weighted by atomic mass is 10.0. The van der Waals surface area contributed by atoms with E-state index < -0.39 is 52.1 Å². The van der Waals surface area contributed by atoms with E-state index in [1.165, 1.54) is 31.4 Å². The number of carbonyl (C=O) groups excluding carboxylic acids is 2. The number of thiazole rings is 1. The summed E-state index contributed by atoms with van der Waals surface area (Å²) in [6.07, 6.45) is 0. The van der Waals surface area contributed by atoms with Crippen molar-refractivity contribution >= 4 is 28.9 Å². The number of methoxy groups -OCH3 is 1. The summed E-state index contributed by atoms with van der Waals surface area (Å²) >= 11 is 0.760. The third kappa shape index (κ3) is 4.22. The predicted octanol–water partition coefficient (Wildman–Crippen LogP) is 4.80. The molecule has 0 atom stereocenters. The molecule has 1 amide bonds. The van der Waals surface area contributed by atoms with Crippen LogP contribution in [-0.2, 0) is 4.74 Å². The van der Waals surface area contributed by atoms with Gasteiger partial charge in [0.1, 0.15) is 16.3 Å². The topological polar surface area (TPSA) is 77.5 Å². The van der Waals surface area contributed by atoms with E-state index in [-0.39, 0.29) is 22.8 Å². The summed E-state index contributed by atoms with van der Waals surface area (Å²) < 4.78 is 68.3. The van der Waals surface area contributed by atoms with Gasteiger partial charge in [-0.15, -0.1) is 11.3 Å². The normalized spacial score (nSPS) is 10.6. The minimum atomic E-state index is -1.82. The van der Waals surface area contributed by atoms with Crippen LogP contribution < -0.4 is 10.1 Å². The third-order valence-corrected chi connectivity index (χ3v) is 4.91. The van der Waals surface area contributed by atoms with Gasteiger partial charge < -0.3 is 14.8 Å². The molecule has 6 nitrogen and oxygen atoms in total. The molecule has 3 aromatic rings. The van der Waals surface area contributed by atoms with E-state index in [1.807, 2.05) is 0 Å². The first-order chi connectivity index (χ1) is 14.8. The molecule has 0 aliphatic carbocycles. The van der Waals surface area contributed by atoms with Crippen molar-refractivity contribution in [3.8, 4) is 16.9 Å². The number of carbonyl (C=O) groups is 2. The standard InChI is InChI=1S/C20H14F4N2O4S/c1-3-30-20(28)18-17(25-8-31-18)19(27)26-16-14(23)12(21)11(13(22)15(16)24)9-5-4-6-10(7-9)29-2/h4-8H,3H2,1-2H3,(H,26,27). The summed E-state index contributed by atoms with van der Waals surface area (Å²) in [6, 6.07) is 5.30. The summed E-state index contributed by atoms with van der Waals surface area (Å²) in [4.78, 5) is 27.7. The van der Waals surface area contributed by atoms with Crippen LogP contribution in [0.4, 0.5) is 23.2 Å². The van der Waals surface area contributed by atoms with Gasteiger partial charge in [0.15, 0.2) is 29.0 Å². The first kappa shape index (κ1) is 22.2. The number of amides is 1. The monoisotopic (exact) mass is 454 g/mol. The van der Waals surface area contributed by atoms with Crippen LogP contribution in [0.3, 0.4) is 0 Å². The molecule has 3 rings (SSSR count). The number of ether oxygens (including phenoxy) is 2. The molecule has 0 aliphatic rings.